The molecule has 0 atom stereocenters. The Morgan fingerprint density at radius 3 is 1.50 bits per heavy atom. The molecule has 5 heteroatoms. The van der Waals surface area contributed by atoms with Gasteiger partial charge < -0.3 is 0 Å². The Morgan fingerprint density at radius 2 is 1.15 bits per heavy atom. The van der Waals surface area contributed by atoms with Crippen LogP contribution < -0.4 is 9.80 Å². The average Bonchev–Trinajstić information content (AvgIpc) is 2.94. The molecule has 0 aliphatic carbocycles. The van der Waals surface area contributed by atoms with Gasteiger partial charge in [0.05, 0.1) is 0 Å². The zero-order valence-electron chi connectivity index (χ0n) is 10.9. The van der Waals surface area contributed by atoms with E-state index in [1.54, 1.807) is 0 Å². The molecule has 20 heavy (non-hydrogen) atoms. The molecule has 0 radical (unpaired) electrons. The van der Waals surface area contributed by atoms with E-state index in [1.165, 1.54) is 0 Å². The third-order valence-electron chi connectivity index (χ3n) is 3.50. The second-order valence-corrected chi connectivity index (χ2v) is 6.86. The summed E-state index contributed by atoms with van der Waals surface area (Å²) >= 11 is -3.40. The van der Waals surface area contributed by atoms with Gasteiger partial charge in [0.15, 0.2) is 0 Å². The molecule has 0 spiro atoms. The number of anilines is 2. The summed E-state index contributed by atoms with van der Waals surface area (Å²) in [5.41, 5.74) is 1.92. The third kappa shape index (κ3) is 2.42. The Bertz CT molecular complexity index is 588. The van der Waals surface area contributed by atoms with Crippen molar-refractivity contribution in [1.29, 1.82) is 0 Å². The molecule has 0 N–H and O–H groups in total. The van der Waals surface area contributed by atoms with E-state index in [0.29, 0.717) is 0 Å². The summed E-state index contributed by atoms with van der Waals surface area (Å²) in [6.07, 6.45) is 0. The van der Waals surface area contributed by atoms with Crippen LogP contribution in [0.2, 0.25) is 0 Å². The zero-order chi connectivity index (χ0) is 13.9. The average molecular weight is 335 g/mol. The molecule has 1 saturated heterocycles. The summed E-state index contributed by atoms with van der Waals surface area (Å²) in [6.45, 7) is 1.44. The quantitative estimate of drug-likeness (QED) is 0.804. The molecule has 0 bridgehead atoms. The molecule has 1 aliphatic rings. The fourth-order valence-electron chi connectivity index (χ4n) is 2.61. The number of para-hydroxylation sites is 2. The topological polar surface area (TPSA) is 40.6 Å². The van der Waals surface area contributed by atoms with Gasteiger partial charge in [-0.2, -0.15) is 0 Å². The minimum atomic E-state index is -3.40. The molecule has 2 aromatic rings. The molecule has 0 unspecified atom stereocenters. The second kappa shape index (κ2) is 5.65. The van der Waals surface area contributed by atoms with Gasteiger partial charge in [0.25, 0.3) is 0 Å². The van der Waals surface area contributed by atoms with E-state index in [0.717, 1.165) is 24.5 Å². The Kier molecular flexibility index (Phi) is 3.72. The Labute approximate surface area is 121 Å². The predicted octanol–water partition coefficient (Wildman–Crippen LogP) is 1.96. The van der Waals surface area contributed by atoms with E-state index in [9.17, 15) is 7.67 Å². The molecule has 104 valence electrons. The SMILES string of the molecule is O=[SeH](=O)C1N(c2ccccc2)CCN1c1ccccc1. The van der Waals surface area contributed by atoms with Crippen LogP contribution in [0.3, 0.4) is 0 Å². The molecule has 0 amide bonds. The summed E-state index contributed by atoms with van der Waals surface area (Å²) < 4.78 is 23.6. The van der Waals surface area contributed by atoms with Crippen molar-refractivity contribution in [2.45, 2.75) is 5.06 Å². The van der Waals surface area contributed by atoms with Crippen LogP contribution in [0.1, 0.15) is 0 Å². The molecule has 2 aromatic carbocycles. The van der Waals surface area contributed by atoms with Crippen molar-refractivity contribution < 1.29 is 7.67 Å². The Hall–Kier alpha value is -1.84. The van der Waals surface area contributed by atoms with Gasteiger partial charge in [0.2, 0.25) is 0 Å². The van der Waals surface area contributed by atoms with Crippen LogP contribution in [-0.4, -0.2) is 31.9 Å². The molecular weight excluding hydrogens is 319 g/mol. The Morgan fingerprint density at radius 1 is 0.750 bits per heavy atom. The molecular formula is C15H16N2O2Se. The molecule has 4 nitrogen and oxygen atoms in total. The van der Waals surface area contributed by atoms with Crippen molar-refractivity contribution in [2.75, 3.05) is 22.9 Å². The van der Waals surface area contributed by atoms with Crippen LogP contribution in [0.15, 0.2) is 60.7 Å². The molecule has 0 saturated carbocycles. The molecule has 1 fully saturated rings. The Balaban J connectivity index is 1.96. The predicted molar refractivity (Wildman–Crippen MR) is 79.9 cm³/mol. The maximum absolute atomic E-state index is 11.8. The van der Waals surface area contributed by atoms with E-state index in [1.807, 2.05) is 70.5 Å². The fourth-order valence-corrected chi connectivity index (χ4v) is 4.61. The summed E-state index contributed by atoms with van der Waals surface area (Å²) in [4.78, 5) is 3.93. The van der Waals surface area contributed by atoms with Crippen LogP contribution in [0.25, 0.3) is 0 Å². The second-order valence-electron chi connectivity index (χ2n) is 4.69. The first-order valence-corrected chi connectivity index (χ1v) is 9.16. The van der Waals surface area contributed by atoms with Gasteiger partial charge in [-0.25, -0.2) is 0 Å². The van der Waals surface area contributed by atoms with Gasteiger partial charge in [-0.1, -0.05) is 0 Å². The maximum atomic E-state index is 11.8. The molecule has 1 heterocycles. The minimum absolute atomic E-state index is 0.535. The van der Waals surface area contributed by atoms with Crippen LogP contribution in [0, 0.1) is 0 Å². The van der Waals surface area contributed by atoms with Gasteiger partial charge in [0, 0.05) is 0 Å². The van der Waals surface area contributed by atoms with Crippen molar-refractivity contribution in [3.8, 4) is 0 Å². The van der Waals surface area contributed by atoms with Gasteiger partial charge in [0.1, 0.15) is 0 Å². The normalized spacial score (nSPS) is 16.1. The third-order valence-corrected chi connectivity index (χ3v) is 5.46. The summed E-state index contributed by atoms with van der Waals surface area (Å²) in [5, 5.41) is -0.535. The standard InChI is InChI=1S/C15H16N2O2Se/c18-20(19)15-16(13-7-3-1-4-8-13)11-12-17(15)14-9-5-2-6-10-14/h1-10,15,20H,11-12H2. The van der Waals surface area contributed by atoms with Crippen molar-refractivity contribution in [1.82, 2.24) is 0 Å². The number of hydrogen-bond donors (Lipinski definition) is 0. The summed E-state index contributed by atoms with van der Waals surface area (Å²) in [6, 6.07) is 19.4. The van der Waals surface area contributed by atoms with E-state index in [2.05, 4.69) is 0 Å². The van der Waals surface area contributed by atoms with Crippen LogP contribution in [0.4, 0.5) is 11.4 Å². The van der Waals surface area contributed by atoms with Gasteiger partial charge in [-0.3, -0.25) is 0 Å². The molecule has 0 aromatic heterocycles. The monoisotopic (exact) mass is 336 g/mol. The first-order valence-electron chi connectivity index (χ1n) is 6.54. The summed E-state index contributed by atoms with van der Waals surface area (Å²) in [7, 11) is 0. The fraction of sp³-hybridized carbons (Fsp3) is 0.200. The number of rotatable bonds is 3. The van der Waals surface area contributed by atoms with E-state index in [4.69, 9.17) is 0 Å². The first kappa shape index (κ1) is 13.2. The van der Waals surface area contributed by atoms with E-state index < -0.39 is 18.8 Å². The number of hydrogen-bond acceptors (Lipinski definition) is 4. The van der Waals surface area contributed by atoms with Crippen molar-refractivity contribution in [3.63, 3.8) is 0 Å². The van der Waals surface area contributed by atoms with Crippen LogP contribution in [-0.2, 0) is 7.67 Å². The summed E-state index contributed by atoms with van der Waals surface area (Å²) in [5.74, 6) is 0. The number of benzene rings is 2. The van der Waals surface area contributed by atoms with Crippen molar-refractivity contribution in [3.05, 3.63) is 60.7 Å². The molecule has 3 rings (SSSR count). The molecule has 1 aliphatic heterocycles. The van der Waals surface area contributed by atoms with Gasteiger partial charge >= 0.3 is 121 Å². The number of nitrogens with zero attached hydrogens (tertiary/aromatic N) is 2. The van der Waals surface area contributed by atoms with Crippen molar-refractivity contribution in [2.24, 2.45) is 0 Å². The van der Waals surface area contributed by atoms with Crippen LogP contribution in [0.5, 0.6) is 0 Å². The van der Waals surface area contributed by atoms with Gasteiger partial charge in [-0.05, 0) is 0 Å². The first-order chi connectivity index (χ1) is 9.77. The van der Waals surface area contributed by atoms with E-state index >= 15 is 0 Å². The van der Waals surface area contributed by atoms with Gasteiger partial charge in [-0.15, -0.1) is 0 Å². The van der Waals surface area contributed by atoms with E-state index in [-0.39, 0.29) is 0 Å². The van der Waals surface area contributed by atoms with Crippen molar-refractivity contribution >= 4 is 25.1 Å². The van der Waals surface area contributed by atoms with Crippen LogP contribution >= 0.6 is 0 Å². The zero-order valence-corrected chi connectivity index (χ0v) is 12.8.